The summed E-state index contributed by atoms with van der Waals surface area (Å²) in [6.45, 7) is 7.88. The number of quaternary nitrogens is 1. The van der Waals surface area contributed by atoms with E-state index in [-0.39, 0.29) is 0 Å². The van der Waals surface area contributed by atoms with Crippen LogP contribution in [0.25, 0.3) is 0 Å². The average Bonchev–Trinajstić information content (AvgIpc) is 2.34. The van der Waals surface area contributed by atoms with E-state index in [9.17, 15) is 0 Å². The Hall–Kier alpha value is -0.910. The minimum atomic E-state index is -4.89. The highest BCUT2D eigenvalue weighted by Crippen LogP contribution is 2.19. The van der Waals surface area contributed by atoms with Crippen molar-refractivity contribution in [3.8, 4) is 5.75 Å². The predicted octanol–water partition coefficient (Wildman–Crippen LogP) is -0.441. The molecule has 0 amide bonds. The monoisotopic (exact) mass is 291 g/mol. The Labute approximate surface area is 113 Å². The largest absolute Gasteiger partial charge is 0.756 e. The number of nitrogens with one attached hydrogen (secondary N) is 1. The summed E-state index contributed by atoms with van der Waals surface area (Å²) in [6, 6.07) is 8.32. The van der Waals surface area contributed by atoms with Gasteiger partial charge in [-0.05, 0) is 26.0 Å². The molecule has 1 aromatic carbocycles. The minimum Gasteiger partial charge on any atom is -0.756 e. The van der Waals surface area contributed by atoms with E-state index in [1.807, 2.05) is 6.07 Å². The highest BCUT2D eigenvalue weighted by Gasteiger charge is 2.04. The van der Waals surface area contributed by atoms with Crippen LogP contribution in [0.4, 0.5) is 0 Å². The summed E-state index contributed by atoms with van der Waals surface area (Å²) in [6.07, 6.45) is 0. The van der Waals surface area contributed by atoms with Crippen LogP contribution in [-0.2, 0) is 11.1 Å². The molecule has 0 saturated carbocycles. The lowest BCUT2D eigenvalue weighted by molar-refractivity contribution is -0.910. The summed E-state index contributed by atoms with van der Waals surface area (Å²) in [5.74, 6) is 0.953. The summed E-state index contributed by atoms with van der Waals surface area (Å²) in [7, 11) is -3.18. The van der Waals surface area contributed by atoms with Crippen molar-refractivity contribution in [1.82, 2.24) is 0 Å². The molecule has 0 aliphatic carbocycles. The van der Waals surface area contributed by atoms with Crippen molar-refractivity contribution in [2.24, 2.45) is 0 Å². The quantitative estimate of drug-likeness (QED) is 0.639. The number of ether oxygens (including phenoxy) is 1. The van der Waals surface area contributed by atoms with Gasteiger partial charge >= 0.3 is 0 Å². The number of benzene rings is 1. The molecule has 0 aromatic heterocycles. The first-order valence-corrected chi connectivity index (χ1v) is 7.56. The molecule has 0 unspecified atom stereocenters. The van der Waals surface area contributed by atoms with Crippen molar-refractivity contribution in [3.63, 3.8) is 0 Å². The van der Waals surface area contributed by atoms with Gasteiger partial charge in [0, 0.05) is 5.56 Å². The van der Waals surface area contributed by atoms with Gasteiger partial charge in [0.1, 0.15) is 12.3 Å². The van der Waals surface area contributed by atoms with Gasteiger partial charge in [0.15, 0.2) is 0 Å². The second kappa shape index (κ2) is 9.07. The zero-order valence-electron chi connectivity index (χ0n) is 11.5. The molecule has 110 valence electrons. The number of hydrogen-bond acceptors (Lipinski definition) is 3. The molecule has 1 aromatic rings. The molecule has 0 atom stereocenters. The van der Waals surface area contributed by atoms with E-state index in [4.69, 9.17) is 24.0 Å². The predicted molar refractivity (Wildman–Crippen MR) is 70.8 cm³/mol. The molecule has 0 bridgehead atoms. The van der Waals surface area contributed by atoms with Crippen molar-refractivity contribution in [2.45, 2.75) is 20.4 Å². The summed E-state index contributed by atoms with van der Waals surface area (Å²) >= 11 is 0. The summed E-state index contributed by atoms with van der Waals surface area (Å²) in [5.41, 5.74) is 1.35. The summed E-state index contributed by atoms with van der Waals surface area (Å²) < 4.78 is 14.0. The highest BCUT2D eigenvalue weighted by molar-refractivity contribution is 7.43. The normalized spacial score (nSPS) is 10.9. The van der Waals surface area contributed by atoms with Crippen LogP contribution in [0, 0.1) is 0 Å². The van der Waals surface area contributed by atoms with E-state index >= 15 is 0 Å². The maximum Gasteiger partial charge on any atom is 0.262 e. The van der Waals surface area contributed by atoms with Crippen molar-refractivity contribution in [2.75, 3.05) is 20.2 Å². The number of rotatable bonds is 5. The van der Waals surface area contributed by atoms with Gasteiger partial charge < -0.3 is 24.3 Å². The Morgan fingerprint density at radius 3 is 2.26 bits per heavy atom. The van der Waals surface area contributed by atoms with Crippen molar-refractivity contribution in [3.05, 3.63) is 29.8 Å². The molecular weight excluding hydrogens is 269 g/mol. The molecule has 0 aliphatic rings. The molecule has 7 heteroatoms. The first kappa shape index (κ1) is 18.1. The molecule has 0 radical (unpaired) electrons. The number of methoxy groups -OCH3 is 1. The van der Waals surface area contributed by atoms with E-state index < -0.39 is 7.82 Å². The van der Waals surface area contributed by atoms with E-state index in [0.717, 1.165) is 12.3 Å². The maximum atomic E-state index is 8.77. The van der Waals surface area contributed by atoms with Crippen LogP contribution in [0.3, 0.4) is 0 Å². The molecule has 0 saturated heterocycles. The Morgan fingerprint density at radius 1 is 1.32 bits per heavy atom. The third kappa shape index (κ3) is 10.7. The third-order valence-corrected chi connectivity index (χ3v) is 2.59. The van der Waals surface area contributed by atoms with Crippen LogP contribution in [0.5, 0.6) is 5.75 Å². The molecule has 19 heavy (non-hydrogen) atoms. The van der Waals surface area contributed by atoms with E-state index in [1.165, 1.54) is 18.7 Å². The molecule has 0 fully saturated rings. The lowest BCUT2D eigenvalue weighted by atomic mass is 10.2. The Kier molecular flexibility index (Phi) is 8.63. The van der Waals surface area contributed by atoms with E-state index in [2.05, 4.69) is 32.0 Å². The van der Waals surface area contributed by atoms with Crippen LogP contribution in [0.2, 0.25) is 0 Å². The zero-order valence-corrected chi connectivity index (χ0v) is 12.4. The van der Waals surface area contributed by atoms with Gasteiger partial charge in [-0.2, -0.15) is 0 Å². The summed E-state index contributed by atoms with van der Waals surface area (Å²) in [5, 5.41) is 0. The topological polar surface area (TPSA) is 94.3 Å². The SMILES string of the molecule is CC[NH+](CC)Cc1cccc(OC)c1.O=P([O-])(O)O. The van der Waals surface area contributed by atoms with E-state index in [1.54, 1.807) is 12.0 Å². The fourth-order valence-electron chi connectivity index (χ4n) is 1.57. The van der Waals surface area contributed by atoms with E-state index in [0.29, 0.717) is 0 Å². The van der Waals surface area contributed by atoms with Gasteiger partial charge in [-0.3, -0.25) is 4.57 Å². The Morgan fingerprint density at radius 2 is 1.84 bits per heavy atom. The second-order valence-corrected chi connectivity index (χ2v) is 4.96. The van der Waals surface area contributed by atoms with Gasteiger partial charge in [-0.1, -0.05) is 12.1 Å². The fourth-order valence-corrected chi connectivity index (χ4v) is 1.57. The number of hydrogen-bond donors (Lipinski definition) is 3. The van der Waals surface area contributed by atoms with Crippen LogP contribution in [0.1, 0.15) is 19.4 Å². The zero-order chi connectivity index (χ0) is 14.9. The average molecular weight is 291 g/mol. The van der Waals surface area contributed by atoms with Crippen molar-refractivity contribution < 1.29 is 28.9 Å². The van der Waals surface area contributed by atoms with Gasteiger partial charge in [0.05, 0.1) is 20.2 Å². The summed E-state index contributed by atoms with van der Waals surface area (Å²) in [4.78, 5) is 24.5. The van der Waals surface area contributed by atoms with Gasteiger partial charge in [-0.25, -0.2) is 0 Å². The number of phosphoric acid groups is 1. The first-order valence-electron chi connectivity index (χ1n) is 6.03. The Bertz CT molecular complexity index is 395. The van der Waals surface area contributed by atoms with Crippen molar-refractivity contribution in [1.29, 1.82) is 0 Å². The van der Waals surface area contributed by atoms with Crippen molar-refractivity contribution >= 4 is 7.82 Å². The molecule has 1 rings (SSSR count). The smallest absolute Gasteiger partial charge is 0.262 e. The molecule has 0 heterocycles. The van der Waals surface area contributed by atoms with Crippen LogP contribution < -0.4 is 14.5 Å². The lowest BCUT2D eigenvalue weighted by Gasteiger charge is -2.15. The molecule has 0 aliphatic heterocycles. The Balaban J connectivity index is 0.000000555. The highest BCUT2D eigenvalue weighted by atomic mass is 31.2. The van der Waals surface area contributed by atoms with Crippen LogP contribution >= 0.6 is 7.82 Å². The first-order chi connectivity index (χ1) is 8.80. The lowest BCUT2D eigenvalue weighted by Crippen LogP contribution is -3.10. The third-order valence-electron chi connectivity index (χ3n) is 2.59. The van der Waals surface area contributed by atoms with Gasteiger partial charge in [-0.15, -0.1) is 0 Å². The van der Waals surface area contributed by atoms with Gasteiger partial charge in [0.25, 0.3) is 7.82 Å². The fraction of sp³-hybridized carbons (Fsp3) is 0.500. The second-order valence-electron chi connectivity index (χ2n) is 3.98. The molecule has 3 N–H and O–H groups in total. The maximum absolute atomic E-state index is 8.77. The molecule has 6 nitrogen and oxygen atoms in total. The van der Waals surface area contributed by atoms with Crippen LogP contribution in [-0.4, -0.2) is 30.0 Å². The minimum absolute atomic E-state index is 0.953. The molecule has 0 spiro atoms. The molecular formula is C12H22NO5P. The standard InChI is InChI=1S/C12H19NO.H3O4P/c1-4-13(5-2)10-11-7-6-8-12(9-11)14-3;1-5(2,3)4/h6-9H,4-5,10H2,1-3H3;(H3,1,2,3,4). The van der Waals surface area contributed by atoms with Gasteiger partial charge in [0.2, 0.25) is 0 Å². The van der Waals surface area contributed by atoms with Crippen LogP contribution in [0.15, 0.2) is 24.3 Å².